The van der Waals surface area contributed by atoms with Gasteiger partial charge in [0.15, 0.2) is 5.76 Å². The van der Waals surface area contributed by atoms with E-state index in [9.17, 15) is 0 Å². The number of benzene rings is 5. The molecule has 12 aromatic rings. The average molecular weight is 823 g/mol. The zero-order chi connectivity index (χ0) is 42.7. The van der Waals surface area contributed by atoms with E-state index in [-0.39, 0.29) is 0 Å². The van der Waals surface area contributed by atoms with Crippen molar-refractivity contribution in [2.45, 2.75) is 6.92 Å². The van der Waals surface area contributed by atoms with Crippen LogP contribution < -0.4 is 0 Å². The second-order valence-electron chi connectivity index (χ2n) is 15.9. The molecule has 0 saturated heterocycles. The van der Waals surface area contributed by atoms with Crippen LogP contribution in [0.2, 0.25) is 0 Å². The Bertz CT molecular complexity index is 3820. The van der Waals surface area contributed by atoms with E-state index >= 15 is 0 Å². The number of rotatable bonds is 8. The van der Waals surface area contributed by atoms with Gasteiger partial charge in [0.25, 0.3) is 0 Å². The van der Waals surface area contributed by atoms with Crippen molar-refractivity contribution in [1.82, 2.24) is 29.1 Å². The lowest BCUT2D eigenvalue weighted by Gasteiger charge is -2.12. The van der Waals surface area contributed by atoms with Crippen LogP contribution in [0.1, 0.15) is 18.2 Å². The lowest BCUT2D eigenvalue weighted by atomic mass is 9.96. The summed E-state index contributed by atoms with van der Waals surface area (Å²) in [5.74, 6) is 0.692. The summed E-state index contributed by atoms with van der Waals surface area (Å²) in [6, 6.07) is 56.8. The van der Waals surface area contributed by atoms with Gasteiger partial charge >= 0.3 is 0 Å². The maximum Gasteiger partial charge on any atom is 0.158 e. The lowest BCUT2D eigenvalue weighted by Crippen LogP contribution is -1.98. The number of allylic oxidation sites excluding steroid dienone is 1. The van der Waals surface area contributed by atoms with Crippen LogP contribution in [-0.4, -0.2) is 29.1 Å². The minimum absolute atomic E-state index is 0.692. The van der Waals surface area contributed by atoms with E-state index in [2.05, 4.69) is 159 Å². The minimum Gasteiger partial charge on any atom is -0.454 e. The summed E-state index contributed by atoms with van der Waals surface area (Å²) in [5, 5.41) is 3.08. The maximum absolute atomic E-state index is 6.83. The van der Waals surface area contributed by atoms with E-state index in [1.807, 2.05) is 68.1 Å². The summed E-state index contributed by atoms with van der Waals surface area (Å²) in [7, 11) is 0. The van der Waals surface area contributed by atoms with Crippen LogP contribution in [0.25, 0.3) is 117 Å². The molecule has 0 aliphatic carbocycles. The first kappa shape index (κ1) is 37.1. The van der Waals surface area contributed by atoms with Gasteiger partial charge in [-0.15, -0.1) is 0 Å². The Labute approximate surface area is 368 Å². The number of aromatic nitrogens is 6. The van der Waals surface area contributed by atoms with Gasteiger partial charge in [0.1, 0.15) is 5.58 Å². The van der Waals surface area contributed by atoms with Gasteiger partial charge in [0.2, 0.25) is 0 Å². The van der Waals surface area contributed by atoms with Gasteiger partial charge in [-0.05, 0) is 120 Å². The quantitative estimate of drug-likeness (QED) is 0.153. The van der Waals surface area contributed by atoms with E-state index in [1.54, 1.807) is 0 Å². The number of pyridine rings is 4. The highest BCUT2D eigenvalue weighted by Crippen LogP contribution is 2.42. The molecule has 0 amide bonds. The molecule has 12 rings (SSSR count). The Morgan fingerprint density at radius 3 is 1.69 bits per heavy atom. The highest BCUT2D eigenvalue weighted by molar-refractivity contribution is 6.11. The third kappa shape index (κ3) is 5.90. The third-order valence-corrected chi connectivity index (χ3v) is 12.2. The molecule has 7 aromatic heterocycles. The van der Waals surface area contributed by atoms with Crippen molar-refractivity contribution in [3.63, 3.8) is 0 Å². The molecule has 0 saturated carbocycles. The van der Waals surface area contributed by atoms with Gasteiger partial charge in [-0.1, -0.05) is 91.5 Å². The molecular weight excluding hydrogens is 785 g/mol. The monoisotopic (exact) mass is 822 g/mol. The molecule has 7 heteroatoms. The summed E-state index contributed by atoms with van der Waals surface area (Å²) in [6.45, 7) is 6.77. The second kappa shape index (κ2) is 15.0. The van der Waals surface area contributed by atoms with Gasteiger partial charge in [0, 0.05) is 63.3 Å². The molecule has 0 unspecified atom stereocenters. The van der Waals surface area contributed by atoms with Crippen LogP contribution in [0.4, 0.5) is 0 Å². The second-order valence-corrected chi connectivity index (χ2v) is 15.9. The molecule has 0 atom stereocenters. The third-order valence-electron chi connectivity index (χ3n) is 12.2. The van der Waals surface area contributed by atoms with E-state index in [0.29, 0.717) is 5.76 Å². The topological polar surface area (TPSA) is 74.6 Å². The van der Waals surface area contributed by atoms with Crippen LogP contribution in [0.5, 0.6) is 0 Å². The minimum atomic E-state index is 0.692. The summed E-state index contributed by atoms with van der Waals surface area (Å²) >= 11 is 0. The molecule has 302 valence electrons. The van der Waals surface area contributed by atoms with Gasteiger partial charge in [-0.3, -0.25) is 19.9 Å². The molecular formula is C57H38N6O. The first-order valence-corrected chi connectivity index (χ1v) is 21.3. The van der Waals surface area contributed by atoms with Crippen LogP contribution in [-0.2, 0) is 0 Å². The number of furan rings is 1. The van der Waals surface area contributed by atoms with Gasteiger partial charge in [-0.2, -0.15) is 0 Å². The first-order valence-electron chi connectivity index (χ1n) is 21.3. The first-order chi connectivity index (χ1) is 31.6. The van der Waals surface area contributed by atoms with Crippen LogP contribution in [0, 0.1) is 0 Å². The SMILES string of the molecule is C=C(c1oc2ccc(-n3c4ccc(-c5ccccc5-c5ccccn5)cc4c4ncccc43)cc2c1/C=C\C)n1c2ccc(-c3ccccc3-c3ccccn3)cc2c2ncccc21. The number of nitrogens with zero attached hydrogens (tertiary/aromatic N) is 6. The number of hydrogen-bond acceptors (Lipinski definition) is 5. The largest absolute Gasteiger partial charge is 0.454 e. The van der Waals surface area contributed by atoms with Crippen molar-refractivity contribution in [1.29, 1.82) is 0 Å². The highest BCUT2D eigenvalue weighted by Gasteiger charge is 2.23. The van der Waals surface area contributed by atoms with Gasteiger partial charge < -0.3 is 13.6 Å². The van der Waals surface area contributed by atoms with E-state index in [4.69, 9.17) is 21.0 Å². The molecule has 7 heterocycles. The van der Waals surface area contributed by atoms with Crippen LogP contribution in [0.3, 0.4) is 0 Å². The Kier molecular flexibility index (Phi) is 8.72. The van der Waals surface area contributed by atoms with Gasteiger partial charge in [-0.25, -0.2) is 0 Å². The molecule has 5 aromatic carbocycles. The molecule has 7 nitrogen and oxygen atoms in total. The van der Waals surface area contributed by atoms with Crippen molar-refractivity contribution >= 4 is 66.6 Å². The standard InChI is InChI=1S/C57H38N6O/c1-3-14-44-45-35-39(63-51-27-24-38(34-47(51)56-53(63)22-13-32-61-56)41-16-5-7-18-43(41)49-20-9-11-30-59-49)25-28-54(45)64-57(44)36(2)62-50-26-23-37(33-46(50)55-52(62)21-12-31-60-55)40-15-4-6-17-42(40)48-19-8-10-29-58-48/h3-35H,2H2,1H3/b14-3-. The number of hydrogen-bond donors (Lipinski definition) is 0. The van der Waals surface area contributed by atoms with Crippen LogP contribution >= 0.6 is 0 Å². The van der Waals surface area contributed by atoms with E-state index < -0.39 is 0 Å². The lowest BCUT2D eigenvalue weighted by molar-refractivity contribution is 0.595. The smallest absolute Gasteiger partial charge is 0.158 e. The molecule has 0 aliphatic rings. The van der Waals surface area contributed by atoms with Gasteiger partial charge in [0.05, 0.1) is 50.2 Å². The molecule has 0 spiro atoms. The predicted molar refractivity (Wildman–Crippen MR) is 262 cm³/mol. The molecule has 0 aliphatic heterocycles. The summed E-state index contributed by atoms with van der Waals surface area (Å²) < 4.78 is 11.3. The fourth-order valence-electron chi connectivity index (χ4n) is 9.43. The van der Waals surface area contributed by atoms with Crippen molar-refractivity contribution in [3.8, 4) is 50.5 Å². The number of fused-ring (bicyclic) bond motifs is 7. The zero-order valence-electron chi connectivity index (χ0n) is 34.9. The normalized spacial score (nSPS) is 11.8. The molecule has 64 heavy (non-hydrogen) atoms. The Morgan fingerprint density at radius 1 is 0.500 bits per heavy atom. The van der Waals surface area contributed by atoms with Crippen molar-refractivity contribution in [3.05, 3.63) is 213 Å². The maximum atomic E-state index is 6.83. The Balaban J connectivity index is 0.987. The van der Waals surface area contributed by atoms with E-state index in [0.717, 1.165) is 117 Å². The predicted octanol–water partition coefficient (Wildman–Crippen LogP) is 14.4. The molecule has 0 bridgehead atoms. The van der Waals surface area contributed by atoms with E-state index in [1.165, 1.54) is 0 Å². The van der Waals surface area contributed by atoms with Crippen molar-refractivity contribution < 1.29 is 4.42 Å². The molecule has 0 N–H and O–H groups in total. The van der Waals surface area contributed by atoms with Crippen LogP contribution in [0.15, 0.2) is 206 Å². The summed E-state index contributed by atoms with van der Waals surface area (Å²) in [4.78, 5) is 19.2. The fourth-order valence-corrected chi connectivity index (χ4v) is 9.43. The molecule has 0 radical (unpaired) electrons. The summed E-state index contributed by atoms with van der Waals surface area (Å²) in [6.07, 6.45) is 11.6. The Hall–Kier alpha value is -8.68. The molecule has 0 fully saturated rings. The van der Waals surface area contributed by atoms with Crippen molar-refractivity contribution in [2.75, 3.05) is 0 Å². The summed E-state index contributed by atoms with van der Waals surface area (Å²) in [5.41, 5.74) is 17.7. The Morgan fingerprint density at radius 2 is 1.06 bits per heavy atom. The fraction of sp³-hybridized carbons (Fsp3) is 0.0175. The zero-order valence-corrected chi connectivity index (χ0v) is 34.9. The average Bonchev–Trinajstić information content (AvgIpc) is 4.01. The van der Waals surface area contributed by atoms with Crippen molar-refractivity contribution in [2.24, 2.45) is 0 Å². The highest BCUT2D eigenvalue weighted by atomic mass is 16.3.